The largest absolute Gasteiger partial charge is 0.324 e. The average molecular weight is 158 g/mol. The van der Waals surface area contributed by atoms with Crippen LogP contribution in [0.25, 0.3) is 0 Å². The molecular formula is C9H22N2. The van der Waals surface area contributed by atoms with Crippen molar-refractivity contribution in [1.82, 2.24) is 5.32 Å². The predicted octanol–water partition coefficient (Wildman–Crippen LogP) is 1.50. The fourth-order valence-corrected chi connectivity index (χ4v) is 1.21. The Balaban J connectivity index is 3.38. The van der Waals surface area contributed by atoms with Gasteiger partial charge < -0.3 is 11.1 Å². The summed E-state index contributed by atoms with van der Waals surface area (Å²) in [7, 11) is 0. The van der Waals surface area contributed by atoms with Crippen molar-refractivity contribution >= 4 is 0 Å². The first-order valence-electron chi connectivity index (χ1n) is 4.62. The first kappa shape index (κ1) is 10.9. The molecule has 0 radical (unpaired) electrons. The van der Waals surface area contributed by atoms with Gasteiger partial charge in [0.1, 0.15) is 0 Å². The van der Waals surface area contributed by atoms with Gasteiger partial charge in [0.25, 0.3) is 0 Å². The lowest BCUT2D eigenvalue weighted by Crippen LogP contribution is -2.46. The van der Waals surface area contributed by atoms with Gasteiger partial charge in [-0.25, -0.2) is 0 Å². The number of hydrogen-bond donors (Lipinski definition) is 2. The highest BCUT2D eigenvalue weighted by molar-refractivity contribution is 4.80. The molecular weight excluding hydrogens is 136 g/mol. The van der Waals surface area contributed by atoms with Crippen LogP contribution in [-0.4, -0.2) is 18.6 Å². The molecule has 68 valence electrons. The highest BCUT2D eigenvalue weighted by atomic mass is 14.9. The van der Waals surface area contributed by atoms with Gasteiger partial charge in [-0.15, -0.1) is 0 Å². The van der Waals surface area contributed by atoms with Crippen LogP contribution in [0, 0.1) is 0 Å². The van der Waals surface area contributed by atoms with Crippen molar-refractivity contribution in [3.8, 4) is 0 Å². The van der Waals surface area contributed by atoms with E-state index in [0.29, 0.717) is 0 Å². The molecule has 0 saturated heterocycles. The smallest absolute Gasteiger partial charge is 0.0252 e. The Labute approximate surface area is 70.5 Å². The van der Waals surface area contributed by atoms with Gasteiger partial charge in [-0.05, 0) is 26.3 Å². The maximum absolute atomic E-state index is 6.01. The van der Waals surface area contributed by atoms with Crippen molar-refractivity contribution < 1.29 is 0 Å². The van der Waals surface area contributed by atoms with Gasteiger partial charge in [0, 0.05) is 12.1 Å². The number of rotatable bonds is 6. The monoisotopic (exact) mass is 158 g/mol. The number of nitrogens with two attached hydrogens (primary N) is 1. The molecule has 0 aliphatic heterocycles. The topological polar surface area (TPSA) is 38.0 Å². The minimum atomic E-state index is -0.01000. The van der Waals surface area contributed by atoms with Gasteiger partial charge in [-0.1, -0.05) is 20.3 Å². The van der Waals surface area contributed by atoms with E-state index in [1.54, 1.807) is 0 Å². The summed E-state index contributed by atoms with van der Waals surface area (Å²) < 4.78 is 0. The fraction of sp³-hybridized carbons (Fsp3) is 1.00. The Bertz CT molecular complexity index is 89.6. The van der Waals surface area contributed by atoms with Crippen LogP contribution < -0.4 is 11.1 Å². The van der Waals surface area contributed by atoms with E-state index in [4.69, 9.17) is 5.73 Å². The Morgan fingerprint density at radius 1 is 1.27 bits per heavy atom. The van der Waals surface area contributed by atoms with E-state index in [-0.39, 0.29) is 5.54 Å². The Morgan fingerprint density at radius 3 is 2.36 bits per heavy atom. The normalized spacial score (nSPS) is 16.4. The molecule has 0 aromatic heterocycles. The van der Waals surface area contributed by atoms with Crippen LogP contribution in [0.1, 0.15) is 40.0 Å². The third-order valence-corrected chi connectivity index (χ3v) is 1.78. The summed E-state index contributed by atoms with van der Waals surface area (Å²) in [4.78, 5) is 0. The van der Waals surface area contributed by atoms with Crippen LogP contribution in [0.5, 0.6) is 0 Å². The second-order valence-corrected chi connectivity index (χ2v) is 3.58. The van der Waals surface area contributed by atoms with E-state index in [0.717, 1.165) is 19.5 Å². The van der Waals surface area contributed by atoms with Crippen molar-refractivity contribution in [2.45, 2.75) is 45.6 Å². The van der Waals surface area contributed by atoms with Gasteiger partial charge in [0.05, 0.1) is 0 Å². The zero-order valence-corrected chi connectivity index (χ0v) is 8.11. The van der Waals surface area contributed by atoms with Gasteiger partial charge in [0.15, 0.2) is 0 Å². The van der Waals surface area contributed by atoms with Crippen molar-refractivity contribution in [3.05, 3.63) is 0 Å². The predicted molar refractivity (Wildman–Crippen MR) is 50.7 cm³/mol. The third kappa shape index (κ3) is 6.32. The second kappa shape index (κ2) is 5.56. The highest BCUT2D eigenvalue weighted by Crippen LogP contribution is 2.06. The molecule has 2 heteroatoms. The number of nitrogens with one attached hydrogen (secondary N) is 1. The maximum Gasteiger partial charge on any atom is 0.0252 e. The fourth-order valence-electron chi connectivity index (χ4n) is 1.21. The lowest BCUT2D eigenvalue weighted by atomic mass is 9.98. The third-order valence-electron chi connectivity index (χ3n) is 1.78. The Hall–Kier alpha value is -0.0800. The summed E-state index contributed by atoms with van der Waals surface area (Å²) in [6.07, 6.45) is 3.45. The van der Waals surface area contributed by atoms with Crippen LogP contribution >= 0.6 is 0 Å². The van der Waals surface area contributed by atoms with Crippen LogP contribution in [0.4, 0.5) is 0 Å². The Morgan fingerprint density at radius 2 is 1.91 bits per heavy atom. The SMILES string of the molecule is CCCNCC(C)(N)CCC. The maximum atomic E-state index is 6.01. The molecule has 0 aromatic carbocycles. The molecule has 3 N–H and O–H groups in total. The molecule has 0 aliphatic rings. The molecule has 1 unspecified atom stereocenters. The molecule has 11 heavy (non-hydrogen) atoms. The summed E-state index contributed by atoms with van der Waals surface area (Å²) in [6.45, 7) is 8.47. The molecule has 0 aliphatic carbocycles. The highest BCUT2D eigenvalue weighted by Gasteiger charge is 2.15. The second-order valence-electron chi connectivity index (χ2n) is 3.58. The number of hydrogen-bond acceptors (Lipinski definition) is 2. The zero-order chi connectivity index (χ0) is 8.74. The van der Waals surface area contributed by atoms with Crippen molar-refractivity contribution in [2.24, 2.45) is 5.73 Å². The molecule has 0 heterocycles. The first-order valence-corrected chi connectivity index (χ1v) is 4.62. The van der Waals surface area contributed by atoms with Crippen molar-refractivity contribution in [1.29, 1.82) is 0 Å². The summed E-state index contributed by atoms with van der Waals surface area (Å²) >= 11 is 0. The molecule has 0 fully saturated rings. The van der Waals surface area contributed by atoms with Crippen LogP contribution in [-0.2, 0) is 0 Å². The average Bonchev–Trinajstić information content (AvgIpc) is 1.87. The molecule has 2 nitrogen and oxygen atoms in total. The summed E-state index contributed by atoms with van der Waals surface area (Å²) in [5.41, 5.74) is 6.00. The van der Waals surface area contributed by atoms with E-state index in [1.165, 1.54) is 12.8 Å². The molecule has 0 bridgehead atoms. The summed E-state index contributed by atoms with van der Waals surface area (Å²) in [5.74, 6) is 0. The van der Waals surface area contributed by atoms with Crippen LogP contribution in [0.2, 0.25) is 0 Å². The van der Waals surface area contributed by atoms with Gasteiger partial charge in [-0.2, -0.15) is 0 Å². The lowest BCUT2D eigenvalue weighted by Gasteiger charge is -2.24. The minimum absolute atomic E-state index is 0.01000. The Kier molecular flexibility index (Phi) is 5.51. The van der Waals surface area contributed by atoms with E-state index in [9.17, 15) is 0 Å². The van der Waals surface area contributed by atoms with Crippen LogP contribution in [0.3, 0.4) is 0 Å². The molecule has 0 aromatic rings. The van der Waals surface area contributed by atoms with E-state index < -0.39 is 0 Å². The molecule has 0 saturated carbocycles. The van der Waals surface area contributed by atoms with E-state index in [2.05, 4.69) is 26.1 Å². The minimum Gasteiger partial charge on any atom is -0.324 e. The van der Waals surface area contributed by atoms with E-state index >= 15 is 0 Å². The standard InChI is InChI=1S/C9H22N2/c1-4-6-9(3,10)8-11-7-5-2/h11H,4-8,10H2,1-3H3. The summed E-state index contributed by atoms with van der Waals surface area (Å²) in [5, 5.41) is 3.34. The molecule has 1 atom stereocenters. The molecule has 0 spiro atoms. The zero-order valence-electron chi connectivity index (χ0n) is 8.11. The van der Waals surface area contributed by atoms with Crippen LogP contribution in [0.15, 0.2) is 0 Å². The first-order chi connectivity index (χ1) is 5.12. The van der Waals surface area contributed by atoms with Gasteiger partial charge >= 0.3 is 0 Å². The molecule has 0 rings (SSSR count). The van der Waals surface area contributed by atoms with Crippen molar-refractivity contribution in [2.75, 3.05) is 13.1 Å². The summed E-state index contributed by atoms with van der Waals surface area (Å²) in [6, 6.07) is 0. The quantitative estimate of drug-likeness (QED) is 0.575. The van der Waals surface area contributed by atoms with Crippen molar-refractivity contribution in [3.63, 3.8) is 0 Å². The molecule has 0 amide bonds. The van der Waals surface area contributed by atoms with E-state index in [1.807, 2.05) is 0 Å². The lowest BCUT2D eigenvalue weighted by molar-refractivity contribution is 0.397. The van der Waals surface area contributed by atoms with Gasteiger partial charge in [-0.3, -0.25) is 0 Å². The van der Waals surface area contributed by atoms with Gasteiger partial charge in [0.2, 0.25) is 0 Å².